The molecule has 0 spiro atoms. The third kappa shape index (κ3) is 3.76. The van der Waals surface area contributed by atoms with Crippen LogP contribution in [-0.2, 0) is 4.79 Å². The average Bonchev–Trinajstić information content (AvgIpc) is 2.68. The Hall–Kier alpha value is -1.91. The lowest BCUT2D eigenvalue weighted by Gasteiger charge is -2.47. The highest BCUT2D eigenvalue weighted by molar-refractivity contribution is 5.77. The zero-order valence-electron chi connectivity index (χ0n) is 15.9. The molecule has 0 saturated carbocycles. The molecule has 2 fully saturated rings. The molecule has 140 valence electrons. The number of aromatic nitrogens is 2. The maximum atomic E-state index is 12.6. The molecule has 1 aromatic rings. The number of fused-ring (bicyclic) bond motifs is 1. The van der Waals surface area contributed by atoms with Crippen molar-refractivity contribution in [2.75, 3.05) is 24.5 Å². The van der Waals surface area contributed by atoms with Crippen molar-refractivity contribution in [1.82, 2.24) is 14.9 Å². The van der Waals surface area contributed by atoms with Crippen LogP contribution in [0.3, 0.4) is 0 Å². The van der Waals surface area contributed by atoms with Crippen molar-refractivity contribution in [3.63, 3.8) is 0 Å². The summed E-state index contributed by atoms with van der Waals surface area (Å²) in [7, 11) is 0. The van der Waals surface area contributed by atoms with Crippen molar-refractivity contribution in [2.24, 2.45) is 5.92 Å². The van der Waals surface area contributed by atoms with Crippen LogP contribution in [0.4, 0.5) is 5.95 Å². The summed E-state index contributed by atoms with van der Waals surface area (Å²) in [6, 6.07) is 2.35. The number of carbonyl (C=O) groups is 1. The molecule has 2 aliphatic heterocycles. The van der Waals surface area contributed by atoms with Gasteiger partial charge in [-0.15, -0.1) is 0 Å². The van der Waals surface area contributed by atoms with Crippen LogP contribution >= 0.6 is 0 Å². The second-order valence-electron chi connectivity index (χ2n) is 8.04. The van der Waals surface area contributed by atoms with Crippen molar-refractivity contribution in [3.8, 4) is 0 Å². The van der Waals surface area contributed by atoms with E-state index in [1.807, 2.05) is 19.2 Å². The van der Waals surface area contributed by atoms with Gasteiger partial charge >= 0.3 is 0 Å². The summed E-state index contributed by atoms with van der Waals surface area (Å²) < 4.78 is 0. The van der Waals surface area contributed by atoms with Crippen LogP contribution in [0.5, 0.6) is 0 Å². The number of rotatable bonds is 4. The van der Waals surface area contributed by atoms with Crippen molar-refractivity contribution < 1.29 is 4.79 Å². The molecule has 1 aliphatic carbocycles. The van der Waals surface area contributed by atoms with E-state index < -0.39 is 0 Å². The fourth-order valence-electron chi connectivity index (χ4n) is 4.81. The minimum absolute atomic E-state index is 0.364. The first kappa shape index (κ1) is 17.5. The fourth-order valence-corrected chi connectivity index (χ4v) is 4.81. The Morgan fingerprint density at radius 2 is 2.15 bits per heavy atom. The molecule has 0 bridgehead atoms. The predicted octanol–water partition coefficient (Wildman–Crippen LogP) is 3.49. The van der Waals surface area contributed by atoms with Gasteiger partial charge in [0, 0.05) is 44.0 Å². The third-order valence-corrected chi connectivity index (χ3v) is 6.27. The van der Waals surface area contributed by atoms with Crippen molar-refractivity contribution in [1.29, 1.82) is 0 Å². The van der Waals surface area contributed by atoms with Gasteiger partial charge in [-0.1, -0.05) is 11.6 Å². The molecule has 2 atom stereocenters. The van der Waals surface area contributed by atoms with Crippen LogP contribution in [0.15, 0.2) is 23.9 Å². The van der Waals surface area contributed by atoms with E-state index in [0.717, 1.165) is 50.5 Å². The van der Waals surface area contributed by atoms with E-state index in [1.165, 1.54) is 25.7 Å². The molecule has 3 aliphatic rings. The van der Waals surface area contributed by atoms with Gasteiger partial charge in [-0.2, -0.15) is 0 Å². The average molecular weight is 354 g/mol. The van der Waals surface area contributed by atoms with Crippen LogP contribution in [0, 0.1) is 12.8 Å². The number of hydrogen-bond acceptors (Lipinski definition) is 4. The normalized spacial score (nSPS) is 26.5. The van der Waals surface area contributed by atoms with Gasteiger partial charge in [-0.05, 0) is 63.9 Å². The molecular formula is C21H30N4O. The van der Waals surface area contributed by atoms with Crippen molar-refractivity contribution in [3.05, 3.63) is 29.6 Å². The minimum Gasteiger partial charge on any atom is -0.340 e. The summed E-state index contributed by atoms with van der Waals surface area (Å²) in [5.74, 6) is 1.76. The maximum Gasteiger partial charge on any atom is 0.225 e. The maximum absolute atomic E-state index is 12.6. The highest BCUT2D eigenvalue weighted by Crippen LogP contribution is 2.33. The van der Waals surface area contributed by atoms with E-state index in [2.05, 4.69) is 25.8 Å². The van der Waals surface area contributed by atoms with Crippen molar-refractivity contribution >= 4 is 11.9 Å². The Labute approximate surface area is 156 Å². The van der Waals surface area contributed by atoms with Crippen LogP contribution < -0.4 is 4.90 Å². The van der Waals surface area contributed by atoms with Crippen LogP contribution in [0.1, 0.15) is 57.1 Å². The molecule has 1 aromatic heterocycles. The lowest BCUT2D eigenvalue weighted by atomic mass is 9.83. The number of anilines is 1. The molecule has 0 N–H and O–H groups in total. The monoisotopic (exact) mass is 354 g/mol. The number of allylic oxidation sites excluding steroid dienone is 1. The van der Waals surface area contributed by atoms with E-state index in [9.17, 15) is 4.79 Å². The molecule has 0 radical (unpaired) electrons. The standard InChI is InChI=1S/C21H30N4O/c1-16-9-12-22-21(23-16)24-13-11-19-18(15-24)7-8-20(26)25(19)14-10-17-5-3-2-4-6-17/h5,9,12,18-19H,2-4,6-8,10-11,13-15H2,1H3/t18-,19+/m0/s1. The Morgan fingerprint density at radius 3 is 2.96 bits per heavy atom. The van der Waals surface area contributed by atoms with Gasteiger partial charge in [0.1, 0.15) is 0 Å². The quantitative estimate of drug-likeness (QED) is 0.777. The zero-order valence-corrected chi connectivity index (χ0v) is 15.9. The fraction of sp³-hybridized carbons (Fsp3) is 0.667. The Morgan fingerprint density at radius 1 is 1.23 bits per heavy atom. The summed E-state index contributed by atoms with van der Waals surface area (Å²) in [6.07, 6.45) is 13.2. The minimum atomic E-state index is 0.364. The Kier molecular flexibility index (Phi) is 5.23. The molecular weight excluding hydrogens is 324 g/mol. The molecule has 3 heterocycles. The Bertz CT molecular complexity index is 686. The van der Waals surface area contributed by atoms with E-state index in [0.29, 0.717) is 24.3 Å². The van der Waals surface area contributed by atoms with Crippen LogP contribution in [0.25, 0.3) is 0 Å². The number of hydrogen-bond donors (Lipinski definition) is 0. The largest absolute Gasteiger partial charge is 0.340 e. The van der Waals surface area contributed by atoms with Gasteiger partial charge in [0.25, 0.3) is 0 Å². The topological polar surface area (TPSA) is 49.3 Å². The van der Waals surface area contributed by atoms with Crippen molar-refractivity contribution in [2.45, 2.75) is 64.3 Å². The number of likely N-dealkylation sites (tertiary alicyclic amines) is 1. The van der Waals surface area contributed by atoms with Crippen LogP contribution in [0.2, 0.25) is 0 Å². The van der Waals surface area contributed by atoms with E-state index in [-0.39, 0.29) is 0 Å². The SMILES string of the molecule is Cc1ccnc(N2CC[C@@H]3[C@@H](CCC(=O)N3CCC3=CCCCC3)C2)n1. The van der Waals surface area contributed by atoms with E-state index >= 15 is 0 Å². The number of aryl methyl sites for hydroxylation is 1. The highest BCUT2D eigenvalue weighted by atomic mass is 16.2. The zero-order chi connectivity index (χ0) is 17.9. The van der Waals surface area contributed by atoms with Gasteiger partial charge in [0.2, 0.25) is 11.9 Å². The molecule has 0 unspecified atom stereocenters. The molecule has 5 heteroatoms. The summed E-state index contributed by atoms with van der Waals surface area (Å²) >= 11 is 0. The molecule has 4 rings (SSSR count). The van der Waals surface area contributed by atoms with E-state index in [1.54, 1.807) is 5.57 Å². The summed E-state index contributed by atoms with van der Waals surface area (Å²) in [5.41, 5.74) is 2.58. The first-order valence-electron chi connectivity index (χ1n) is 10.2. The summed E-state index contributed by atoms with van der Waals surface area (Å²) in [6.45, 7) is 4.84. The lowest BCUT2D eigenvalue weighted by Crippen LogP contribution is -2.56. The second-order valence-corrected chi connectivity index (χ2v) is 8.04. The molecule has 5 nitrogen and oxygen atoms in total. The Balaban J connectivity index is 1.41. The summed E-state index contributed by atoms with van der Waals surface area (Å²) in [4.78, 5) is 26.2. The van der Waals surface area contributed by atoms with Gasteiger partial charge in [-0.25, -0.2) is 9.97 Å². The smallest absolute Gasteiger partial charge is 0.225 e. The number of nitrogens with zero attached hydrogens (tertiary/aromatic N) is 4. The first-order valence-corrected chi connectivity index (χ1v) is 10.2. The third-order valence-electron chi connectivity index (χ3n) is 6.27. The molecule has 2 saturated heterocycles. The highest BCUT2D eigenvalue weighted by Gasteiger charge is 2.39. The van der Waals surface area contributed by atoms with Gasteiger partial charge in [0.05, 0.1) is 0 Å². The lowest BCUT2D eigenvalue weighted by molar-refractivity contribution is -0.139. The number of amides is 1. The van der Waals surface area contributed by atoms with E-state index in [4.69, 9.17) is 0 Å². The molecule has 26 heavy (non-hydrogen) atoms. The van der Waals surface area contributed by atoms with Gasteiger partial charge < -0.3 is 9.80 Å². The second kappa shape index (κ2) is 7.77. The van der Waals surface area contributed by atoms with Gasteiger partial charge in [0.15, 0.2) is 0 Å². The predicted molar refractivity (Wildman–Crippen MR) is 103 cm³/mol. The number of piperidine rings is 2. The summed E-state index contributed by atoms with van der Waals surface area (Å²) in [5, 5.41) is 0. The molecule has 0 aromatic carbocycles. The number of carbonyl (C=O) groups excluding carboxylic acids is 1. The first-order chi connectivity index (χ1) is 12.7. The van der Waals surface area contributed by atoms with Gasteiger partial charge in [-0.3, -0.25) is 4.79 Å². The van der Waals surface area contributed by atoms with Crippen LogP contribution in [-0.4, -0.2) is 46.5 Å². The molecule has 1 amide bonds.